The third kappa shape index (κ3) is 3.36. The van der Waals surface area contributed by atoms with Gasteiger partial charge >= 0.3 is 5.97 Å². The van der Waals surface area contributed by atoms with Crippen LogP contribution in [-0.2, 0) is 9.53 Å². The molecule has 0 unspecified atom stereocenters. The van der Waals surface area contributed by atoms with E-state index in [2.05, 4.69) is 15.3 Å². The molecule has 106 valence electrons. The molecule has 1 aromatic heterocycles. The monoisotopic (exact) mass is 293 g/mol. The fourth-order valence-electron chi connectivity index (χ4n) is 1.79. The smallest absolute Gasteiger partial charge is 0.310 e. The Kier molecular flexibility index (Phi) is 4.74. The molecule has 0 saturated heterocycles. The minimum absolute atomic E-state index is 0.221. The molecule has 0 radical (unpaired) electrons. The van der Waals surface area contributed by atoms with Crippen LogP contribution in [0.5, 0.6) is 0 Å². The number of benzene rings is 1. The van der Waals surface area contributed by atoms with E-state index < -0.39 is 0 Å². The van der Waals surface area contributed by atoms with Crippen molar-refractivity contribution in [3.63, 3.8) is 0 Å². The number of hydrogen-bond acceptors (Lipinski definition) is 5. The molecule has 0 fully saturated rings. The van der Waals surface area contributed by atoms with Crippen LogP contribution in [0.4, 0.5) is 5.82 Å². The average molecular weight is 294 g/mol. The Morgan fingerprint density at radius 1 is 1.45 bits per heavy atom. The molecule has 1 heterocycles. The van der Waals surface area contributed by atoms with E-state index in [1.54, 1.807) is 19.1 Å². The minimum atomic E-state index is -0.243. The number of fused-ring (bicyclic) bond motifs is 1. The van der Waals surface area contributed by atoms with E-state index in [4.69, 9.17) is 16.3 Å². The number of rotatable bonds is 5. The van der Waals surface area contributed by atoms with Crippen LogP contribution in [0.15, 0.2) is 24.5 Å². The zero-order chi connectivity index (χ0) is 14.5. The summed E-state index contributed by atoms with van der Waals surface area (Å²) in [6.07, 6.45) is 1.47. The van der Waals surface area contributed by atoms with Crippen molar-refractivity contribution in [2.75, 3.05) is 18.5 Å². The van der Waals surface area contributed by atoms with Gasteiger partial charge in [-0.3, -0.25) is 4.79 Å². The minimum Gasteiger partial charge on any atom is -0.466 e. The Hall–Kier alpha value is -1.88. The van der Waals surface area contributed by atoms with Gasteiger partial charge in [-0.15, -0.1) is 0 Å². The fourth-order valence-corrected chi connectivity index (χ4v) is 1.96. The molecule has 0 amide bonds. The second-order valence-electron chi connectivity index (χ2n) is 4.42. The molecule has 0 aliphatic carbocycles. The zero-order valence-corrected chi connectivity index (χ0v) is 12.1. The van der Waals surface area contributed by atoms with Gasteiger partial charge in [0.05, 0.1) is 18.0 Å². The SMILES string of the molecule is CCOC(=O)[C@@H](C)CNc1ncnc2cc(Cl)ccc12. The van der Waals surface area contributed by atoms with Crippen LogP contribution in [0.25, 0.3) is 10.9 Å². The number of anilines is 1. The molecule has 2 rings (SSSR count). The highest BCUT2D eigenvalue weighted by Gasteiger charge is 2.14. The van der Waals surface area contributed by atoms with Crippen molar-refractivity contribution in [2.45, 2.75) is 13.8 Å². The Morgan fingerprint density at radius 2 is 2.25 bits per heavy atom. The Morgan fingerprint density at radius 3 is 3.00 bits per heavy atom. The van der Waals surface area contributed by atoms with Gasteiger partial charge in [0, 0.05) is 17.0 Å². The standard InChI is InChI=1S/C14H16ClN3O2/c1-3-20-14(19)9(2)7-16-13-11-5-4-10(15)6-12(11)17-8-18-13/h4-6,8-9H,3,7H2,1-2H3,(H,16,17,18)/t9-/m0/s1. The van der Waals surface area contributed by atoms with Gasteiger partial charge < -0.3 is 10.1 Å². The summed E-state index contributed by atoms with van der Waals surface area (Å²) in [7, 11) is 0. The van der Waals surface area contributed by atoms with Crippen molar-refractivity contribution in [1.29, 1.82) is 0 Å². The second kappa shape index (κ2) is 6.52. The lowest BCUT2D eigenvalue weighted by molar-refractivity contribution is -0.146. The van der Waals surface area contributed by atoms with Crippen molar-refractivity contribution in [1.82, 2.24) is 9.97 Å². The van der Waals surface area contributed by atoms with E-state index in [0.717, 1.165) is 10.9 Å². The number of carbonyl (C=O) groups is 1. The summed E-state index contributed by atoms with van der Waals surface area (Å²) in [6, 6.07) is 5.42. The lowest BCUT2D eigenvalue weighted by Crippen LogP contribution is -2.23. The third-order valence-corrected chi connectivity index (χ3v) is 3.10. The number of halogens is 1. The topological polar surface area (TPSA) is 64.1 Å². The molecule has 0 aliphatic rings. The molecule has 0 spiro atoms. The summed E-state index contributed by atoms with van der Waals surface area (Å²) in [5.41, 5.74) is 0.763. The van der Waals surface area contributed by atoms with Crippen LogP contribution in [0, 0.1) is 5.92 Å². The first kappa shape index (κ1) is 14.5. The fraction of sp³-hybridized carbons (Fsp3) is 0.357. The summed E-state index contributed by atoms with van der Waals surface area (Å²) >= 11 is 5.93. The highest BCUT2D eigenvalue weighted by atomic mass is 35.5. The molecule has 0 bridgehead atoms. The molecule has 0 aliphatic heterocycles. The van der Waals surface area contributed by atoms with Gasteiger partial charge in [-0.05, 0) is 25.1 Å². The predicted molar refractivity (Wildman–Crippen MR) is 78.8 cm³/mol. The Bertz CT molecular complexity index is 618. The second-order valence-corrected chi connectivity index (χ2v) is 4.85. The Labute approximate surface area is 122 Å². The maximum atomic E-state index is 11.6. The maximum absolute atomic E-state index is 11.6. The summed E-state index contributed by atoms with van der Waals surface area (Å²) in [5.74, 6) is 0.219. The third-order valence-electron chi connectivity index (χ3n) is 2.86. The summed E-state index contributed by atoms with van der Waals surface area (Å²) < 4.78 is 4.97. The quantitative estimate of drug-likeness (QED) is 0.859. The van der Waals surface area contributed by atoms with Gasteiger partial charge in [0.2, 0.25) is 0 Å². The van der Waals surface area contributed by atoms with E-state index in [1.165, 1.54) is 6.33 Å². The van der Waals surface area contributed by atoms with Crippen molar-refractivity contribution in [2.24, 2.45) is 5.92 Å². The lowest BCUT2D eigenvalue weighted by atomic mass is 10.2. The maximum Gasteiger partial charge on any atom is 0.310 e. The van der Waals surface area contributed by atoms with Crippen LogP contribution in [0.2, 0.25) is 5.02 Å². The zero-order valence-electron chi connectivity index (χ0n) is 11.4. The molecule has 1 atom stereocenters. The van der Waals surface area contributed by atoms with E-state index in [9.17, 15) is 4.79 Å². The van der Waals surface area contributed by atoms with Crippen molar-refractivity contribution >= 4 is 34.3 Å². The van der Waals surface area contributed by atoms with Gasteiger partial charge in [0.15, 0.2) is 0 Å². The molecular weight excluding hydrogens is 278 g/mol. The number of aromatic nitrogens is 2. The predicted octanol–water partition coefficient (Wildman–Crippen LogP) is 2.89. The summed E-state index contributed by atoms with van der Waals surface area (Å²) in [6.45, 7) is 4.44. The normalized spacial score (nSPS) is 12.2. The van der Waals surface area contributed by atoms with Gasteiger partial charge in [-0.25, -0.2) is 9.97 Å². The molecule has 1 aromatic carbocycles. The first-order valence-corrected chi connectivity index (χ1v) is 6.80. The molecule has 2 aromatic rings. The number of carbonyl (C=O) groups excluding carboxylic acids is 1. The number of nitrogens with one attached hydrogen (secondary N) is 1. The first-order chi connectivity index (χ1) is 9.61. The number of hydrogen-bond donors (Lipinski definition) is 1. The molecule has 0 saturated carbocycles. The molecule has 1 N–H and O–H groups in total. The van der Waals surface area contributed by atoms with E-state index in [1.807, 2.05) is 13.0 Å². The van der Waals surface area contributed by atoms with Crippen LogP contribution in [0.3, 0.4) is 0 Å². The summed E-state index contributed by atoms with van der Waals surface area (Å²) in [5, 5.41) is 4.65. The van der Waals surface area contributed by atoms with Crippen LogP contribution < -0.4 is 5.32 Å². The lowest BCUT2D eigenvalue weighted by Gasteiger charge is -2.13. The highest BCUT2D eigenvalue weighted by molar-refractivity contribution is 6.31. The first-order valence-electron chi connectivity index (χ1n) is 6.42. The van der Waals surface area contributed by atoms with Crippen molar-refractivity contribution < 1.29 is 9.53 Å². The number of nitrogens with zero attached hydrogens (tertiary/aromatic N) is 2. The van der Waals surface area contributed by atoms with Crippen LogP contribution in [-0.4, -0.2) is 29.1 Å². The van der Waals surface area contributed by atoms with E-state index >= 15 is 0 Å². The van der Waals surface area contributed by atoms with Gasteiger partial charge in [-0.1, -0.05) is 18.5 Å². The van der Waals surface area contributed by atoms with Crippen molar-refractivity contribution in [3.05, 3.63) is 29.5 Å². The van der Waals surface area contributed by atoms with Crippen LogP contribution in [0.1, 0.15) is 13.8 Å². The molecule has 5 nitrogen and oxygen atoms in total. The van der Waals surface area contributed by atoms with Gasteiger partial charge in [-0.2, -0.15) is 0 Å². The summed E-state index contributed by atoms with van der Waals surface area (Å²) in [4.78, 5) is 19.9. The van der Waals surface area contributed by atoms with Crippen LogP contribution >= 0.6 is 11.6 Å². The van der Waals surface area contributed by atoms with E-state index in [0.29, 0.717) is 24.0 Å². The molecule has 20 heavy (non-hydrogen) atoms. The largest absolute Gasteiger partial charge is 0.466 e. The number of esters is 1. The highest BCUT2D eigenvalue weighted by Crippen LogP contribution is 2.22. The molecule has 6 heteroatoms. The number of ether oxygens (including phenoxy) is 1. The Balaban J connectivity index is 2.12. The molecular formula is C14H16ClN3O2. The van der Waals surface area contributed by atoms with Gasteiger partial charge in [0.25, 0.3) is 0 Å². The average Bonchev–Trinajstić information content (AvgIpc) is 2.44. The van der Waals surface area contributed by atoms with Crippen molar-refractivity contribution in [3.8, 4) is 0 Å². The van der Waals surface area contributed by atoms with E-state index in [-0.39, 0.29) is 11.9 Å². The van der Waals surface area contributed by atoms with Gasteiger partial charge in [0.1, 0.15) is 12.1 Å².